The third-order valence-electron chi connectivity index (χ3n) is 7.22. The number of hydrogen-bond acceptors (Lipinski definition) is 6. The molecule has 0 aliphatic carbocycles. The third-order valence-corrected chi connectivity index (χ3v) is 9.01. The summed E-state index contributed by atoms with van der Waals surface area (Å²) in [6, 6.07) is 19.4. The minimum Gasteiger partial charge on any atom is -0.497 e. The van der Waals surface area contributed by atoms with Crippen LogP contribution in [0.25, 0.3) is 0 Å². The van der Waals surface area contributed by atoms with E-state index in [0.29, 0.717) is 30.2 Å². The average Bonchev–Trinajstić information content (AvgIpc) is 3.00. The predicted molar refractivity (Wildman–Crippen MR) is 169 cm³/mol. The van der Waals surface area contributed by atoms with Crippen LogP contribution in [-0.4, -0.2) is 57.5 Å². The van der Waals surface area contributed by atoms with E-state index in [1.54, 1.807) is 55.6 Å². The number of methoxy groups -OCH3 is 1. The van der Waals surface area contributed by atoms with Crippen LogP contribution in [-0.2, 0) is 26.2 Å². The van der Waals surface area contributed by atoms with Crippen LogP contribution in [0, 0.1) is 6.92 Å². The van der Waals surface area contributed by atoms with Crippen LogP contribution in [0.5, 0.6) is 11.5 Å². The SMILES string of the molecule is CCOc1ccc(S(=O)(=O)N(CC(=O)N(Cc2ccc(OC)cc2)C(CC)C(=O)NC(C)CC)c2ccc(C)cc2)cc1. The lowest BCUT2D eigenvalue weighted by Crippen LogP contribution is -2.53. The van der Waals surface area contributed by atoms with Gasteiger partial charge < -0.3 is 19.7 Å². The Hall–Kier alpha value is -4.05. The summed E-state index contributed by atoms with van der Waals surface area (Å²) in [4.78, 5) is 29.1. The number of carbonyl (C=O) groups excluding carboxylic acids is 2. The molecule has 3 aromatic rings. The third kappa shape index (κ3) is 8.73. The molecule has 0 saturated heterocycles. The van der Waals surface area contributed by atoms with E-state index < -0.39 is 28.5 Å². The zero-order chi connectivity index (χ0) is 31.6. The van der Waals surface area contributed by atoms with Gasteiger partial charge in [0, 0.05) is 12.6 Å². The van der Waals surface area contributed by atoms with Gasteiger partial charge in [-0.2, -0.15) is 0 Å². The smallest absolute Gasteiger partial charge is 0.264 e. The maximum absolute atomic E-state index is 14.2. The van der Waals surface area contributed by atoms with E-state index >= 15 is 0 Å². The van der Waals surface area contributed by atoms with Gasteiger partial charge in [0.25, 0.3) is 10.0 Å². The number of amides is 2. The summed E-state index contributed by atoms with van der Waals surface area (Å²) < 4.78 is 40.0. The molecular weight excluding hydrogens is 566 g/mol. The number of aryl methyl sites for hydroxylation is 1. The summed E-state index contributed by atoms with van der Waals surface area (Å²) in [5, 5.41) is 2.99. The number of carbonyl (C=O) groups is 2. The monoisotopic (exact) mass is 609 g/mol. The van der Waals surface area contributed by atoms with Crippen molar-refractivity contribution in [3.05, 3.63) is 83.9 Å². The molecule has 9 nitrogen and oxygen atoms in total. The van der Waals surface area contributed by atoms with Gasteiger partial charge in [0.15, 0.2) is 0 Å². The number of benzene rings is 3. The molecule has 0 radical (unpaired) electrons. The van der Waals surface area contributed by atoms with E-state index in [9.17, 15) is 18.0 Å². The number of ether oxygens (including phenoxy) is 2. The topological polar surface area (TPSA) is 105 Å². The number of hydrogen-bond donors (Lipinski definition) is 1. The molecule has 10 heteroatoms. The minimum atomic E-state index is -4.17. The highest BCUT2D eigenvalue weighted by atomic mass is 32.2. The maximum atomic E-state index is 14.2. The Morgan fingerprint density at radius 3 is 2.00 bits per heavy atom. The van der Waals surface area contributed by atoms with Gasteiger partial charge in [-0.15, -0.1) is 0 Å². The number of sulfonamides is 1. The van der Waals surface area contributed by atoms with Gasteiger partial charge >= 0.3 is 0 Å². The first-order chi connectivity index (χ1) is 20.5. The molecule has 0 fully saturated rings. The second kappa shape index (κ2) is 15.4. The Kier molecular flexibility index (Phi) is 12.0. The summed E-state index contributed by atoms with van der Waals surface area (Å²) in [7, 11) is -2.60. The Morgan fingerprint density at radius 1 is 0.860 bits per heavy atom. The first-order valence-corrected chi connectivity index (χ1v) is 16.0. The molecule has 1 N–H and O–H groups in total. The first kappa shape index (κ1) is 33.5. The fourth-order valence-corrected chi connectivity index (χ4v) is 5.94. The lowest BCUT2D eigenvalue weighted by molar-refractivity contribution is -0.140. The molecular formula is C33H43N3O6S. The number of nitrogens with zero attached hydrogens (tertiary/aromatic N) is 2. The first-order valence-electron chi connectivity index (χ1n) is 14.6. The van der Waals surface area contributed by atoms with Crippen molar-refractivity contribution in [3.8, 4) is 11.5 Å². The lowest BCUT2D eigenvalue weighted by Gasteiger charge is -2.33. The van der Waals surface area contributed by atoms with Crippen molar-refractivity contribution in [1.29, 1.82) is 0 Å². The lowest BCUT2D eigenvalue weighted by atomic mass is 10.1. The van der Waals surface area contributed by atoms with Gasteiger partial charge in [0.1, 0.15) is 24.1 Å². The zero-order valence-corrected chi connectivity index (χ0v) is 26.7. The fourth-order valence-electron chi connectivity index (χ4n) is 4.53. The molecule has 3 aromatic carbocycles. The fraction of sp³-hybridized carbons (Fsp3) is 0.394. The quantitative estimate of drug-likeness (QED) is 0.250. The summed E-state index contributed by atoms with van der Waals surface area (Å²) in [6.07, 6.45) is 1.08. The number of anilines is 1. The van der Waals surface area contributed by atoms with Gasteiger partial charge in [-0.3, -0.25) is 13.9 Å². The van der Waals surface area contributed by atoms with E-state index in [2.05, 4.69) is 5.32 Å². The number of nitrogens with one attached hydrogen (secondary N) is 1. The second-order valence-corrected chi connectivity index (χ2v) is 12.2. The zero-order valence-electron chi connectivity index (χ0n) is 25.9. The van der Waals surface area contributed by atoms with Crippen LogP contribution in [0.1, 0.15) is 51.7 Å². The van der Waals surface area contributed by atoms with Crippen LogP contribution >= 0.6 is 0 Å². The Labute approximate surface area is 255 Å². The van der Waals surface area contributed by atoms with Crippen molar-refractivity contribution in [2.45, 2.75) is 71.0 Å². The normalized spacial score (nSPS) is 12.6. The largest absolute Gasteiger partial charge is 0.497 e. The Balaban J connectivity index is 2.04. The van der Waals surface area contributed by atoms with Crippen molar-refractivity contribution in [2.75, 3.05) is 24.6 Å². The average molecular weight is 610 g/mol. The molecule has 0 aliphatic rings. The highest BCUT2D eigenvalue weighted by Crippen LogP contribution is 2.27. The van der Waals surface area contributed by atoms with Crippen LogP contribution in [0.15, 0.2) is 77.7 Å². The molecule has 232 valence electrons. The van der Waals surface area contributed by atoms with Crippen molar-refractivity contribution in [3.63, 3.8) is 0 Å². The summed E-state index contributed by atoms with van der Waals surface area (Å²) in [5.74, 6) is 0.422. The van der Waals surface area contributed by atoms with E-state index in [1.807, 2.05) is 46.8 Å². The van der Waals surface area contributed by atoms with Crippen LogP contribution in [0.2, 0.25) is 0 Å². The van der Waals surface area contributed by atoms with Crippen molar-refractivity contribution >= 4 is 27.5 Å². The Bertz CT molecular complexity index is 1440. The molecule has 0 aliphatic heterocycles. The summed E-state index contributed by atoms with van der Waals surface area (Å²) in [5.41, 5.74) is 2.07. The van der Waals surface area contributed by atoms with E-state index in [1.165, 1.54) is 17.0 Å². The van der Waals surface area contributed by atoms with Crippen LogP contribution < -0.4 is 19.1 Å². The van der Waals surface area contributed by atoms with Gasteiger partial charge in [-0.05, 0) is 87.7 Å². The standard InChI is InChI=1S/C33H43N3O6S/c1-7-25(5)34-33(38)31(8-2)35(22-26-12-16-28(41-6)17-13-26)32(37)23-36(27-14-10-24(4)11-15-27)43(39,40)30-20-18-29(19-21-30)42-9-3/h10-21,25,31H,7-9,22-23H2,1-6H3,(H,34,38). The molecule has 0 bridgehead atoms. The van der Waals surface area contributed by atoms with Crippen LogP contribution in [0.4, 0.5) is 5.69 Å². The molecule has 2 amide bonds. The maximum Gasteiger partial charge on any atom is 0.264 e. The Morgan fingerprint density at radius 2 is 1.47 bits per heavy atom. The van der Waals surface area contributed by atoms with E-state index in [-0.39, 0.29) is 23.4 Å². The molecule has 43 heavy (non-hydrogen) atoms. The molecule has 0 aromatic heterocycles. The summed E-state index contributed by atoms with van der Waals surface area (Å²) in [6.45, 7) is 9.52. The highest BCUT2D eigenvalue weighted by Gasteiger charge is 2.34. The van der Waals surface area contributed by atoms with Gasteiger partial charge in [0.2, 0.25) is 11.8 Å². The molecule has 2 unspecified atom stereocenters. The molecule has 2 atom stereocenters. The molecule has 0 heterocycles. The van der Waals surface area contributed by atoms with Crippen LogP contribution in [0.3, 0.4) is 0 Å². The predicted octanol–water partition coefficient (Wildman–Crippen LogP) is 5.32. The molecule has 0 spiro atoms. The van der Waals surface area contributed by atoms with E-state index in [4.69, 9.17) is 9.47 Å². The van der Waals surface area contributed by atoms with Gasteiger partial charge in [-0.25, -0.2) is 8.42 Å². The van der Waals surface area contributed by atoms with Crippen molar-refractivity contribution < 1.29 is 27.5 Å². The highest BCUT2D eigenvalue weighted by molar-refractivity contribution is 7.92. The molecule has 0 saturated carbocycles. The van der Waals surface area contributed by atoms with Gasteiger partial charge in [0.05, 0.1) is 24.3 Å². The van der Waals surface area contributed by atoms with E-state index in [0.717, 1.165) is 21.9 Å². The van der Waals surface area contributed by atoms with Crippen molar-refractivity contribution in [1.82, 2.24) is 10.2 Å². The van der Waals surface area contributed by atoms with Gasteiger partial charge in [-0.1, -0.05) is 43.7 Å². The molecule has 3 rings (SSSR count). The second-order valence-electron chi connectivity index (χ2n) is 10.4. The van der Waals surface area contributed by atoms with Crippen molar-refractivity contribution in [2.24, 2.45) is 0 Å². The minimum absolute atomic E-state index is 0.0209. The number of rotatable bonds is 15. The summed E-state index contributed by atoms with van der Waals surface area (Å²) >= 11 is 0.